The predicted octanol–water partition coefficient (Wildman–Crippen LogP) is 3.76. The summed E-state index contributed by atoms with van der Waals surface area (Å²) in [4.78, 5) is 0. The summed E-state index contributed by atoms with van der Waals surface area (Å²) in [6.07, 6.45) is 1.06. The fourth-order valence-electron chi connectivity index (χ4n) is 2.15. The van der Waals surface area contributed by atoms with Crippen molar-refractivity contribution in [2.24, 2.45) is 0 Å². The summed E-state index contributed by atoms with van der Waals surface area (Å²) in [7, 11) is 1.70. The molecule has 114 valence electrons. The molecule has 0 saturated heterocycles. The first-order valence-corrected chi connectivity index (χ1v) is 7.47. The second kappa shape index (κ2) is 7.53. The molecule has 0 bridgehead atoms. The zero-order chi connectivity index (χ0) is 15.2. The summed E-state index contributed by atoms with van der Waals surface area (Å²) in [6.45, 7) is 12.5. The van der Waals surface area contributed by atoms with Gasteiger partial charge in [0.05, 0.1) is 7.11 Å². The van der Waals surface area contributed by atoms with Crippen molar-refractivity contribution in [3.8, 4) is 11.5 Å². The molecule has 0 amide bonds. The van der Waals surface area contributed by atoms with Crippen LogP contribution in [0.3, 0.4) is 0 Å². The van der Waals surface area contributed by atoms with Gasteiger partial charge in [0.15, 0.2) is 0 Å². The number of hydrogen-bond acceptors (Lipinski definition) is 3. The summed E-state index contributed by atoms with van der Waals surface area (Å²) < 4.78 is 11.4. The first-order valence-electron chi connectivity index (χ1n) is 7.47. The van der Waals surface area contributed by atoms with Crippen molar-refractivity contribution in [3.05, 3.63) is 23.8 Å². The molecule has 0 aliphatic rings. The van der Waals surface area contributed by atoms with Crippen molar-refractivity contribution in [2.45, 2.75) is 52.5 Å². The van der Waals surface area contributed by atoms with Crippen LogP contribution < -0.4 is 14.8 Å². The Hall–Kier alpha value is -1.22. The maximum Gasteiger partial charge on any atom is 0.123 e. The molecule has 3 nitrogen and oxygen atoms in total. The van der Waals surface area contributed by atoms with Crippen LogP contribution in [-0.2, 0) is 5.41 Å². The average molecular weight is 279 g/mol. The van der Waals surface area contributed by atoms with Gasteiger partial charge in [-0.2, -0.15) is 0 Å². The second-order valence-electron chi connectivity index (χ2n) is 6.09. The molecule has 0 aliphatic carbocycles. The van der Waals surface area contributed by atoms with Gasteiger partial charge in [-0.15, -0.1) is 0 Å². The molecular weight excluding hydrogens is 250 g/mol. The third-order valence-electron chi connectivity index (χ3n) is 3.42. The quantitative estimate of drug-likeness (QED) is 0.824. The number of likely N-dealkylation sites (N-methyl/N-ethyl adjacent to an activating group) is 1. The van der Waals surface area contributed by atoms with Crippen molar-refractivity contribution in [1.29, 1.82) is 0 Å². The minimum absolute atomic E-state index is 0.0315. The molecule has 0 heterocycles. The first kappa shape index (κ1) is 16.8. The molecule has 1 atom stereocenters. The van der Waals surface area contributed by atoms with Crippen LogP contribution in [0.15, 0.2) is 18.2 Å². The van der Waals surface area contributed by atoms with Gasteiger partial charge in [-0.3, -0.25) is 0 Å². The molecule has 0 radical (unpaired) electrons. The average Bonchev–Trinajstić information content (AvgIpc) is 2.42. The maximum absolute atomic E-state index is 6.05. The maximum atomic E-state index is 6.05. The van der Waals surface area contributed by atoms with Gasteiger partial charge in [0.2, 0.25) is 0 Å². The fourth-order valence-corrected chi connectivity index (χ4v) is 2.15. The van der Waals surface area contributed by atoms with Crippen LogP contribution >= 0.6 is 0 Å². The molecule has 1 aromatic carbocycles. The molecule has 1 unspecified atom stereocenters. The lowest BCUT2D eigenvalue weighted by Crippen LogP contribution is -2.34. The van der Waals surface area contributed by atoms with Gasteiger partial charge in [0.25, 0.3) is 0 Å². The largest absolute Gasteiger partial charge is 0.497 e. The predicted molar refractivity (Wildman–Crippen MR) is 84.9 cm³/mol. The van der Waals surface area contributed by atoms with Crippen molar-refractivity contribution < 1.29 is 9.47 Å². The van der Waals surface area contributed by atoms with Gasteiger partial charge in [-0.25, -0.2) is 0 Å². The molecule has 1 N–H and O–H groups in total. The number of rotatable bonds is 7. The zero-order valence-corrected chi connectivity index (χ0v) is 13.7. The van der Waals surface area contributed by atoms with Gasteiger partial charge in [-0.05, 0) is 36.6 Å². The smallest absolute Gasteiger partial charge is 0.123 e. The van der Waals surface area contributed by atoms with Crippen LogP contribution in [0.5, 0.6) is 11.5 Å². The molecule has 0 aromatic heterocycles. The van der Waals surface area contributed by atoms with E-state index in [0.29, 0.717) is 12.6 Å². The lowest BCUT2D eigenvalue weighted by molar-refractivity contribution is 0.256. The fraction of sp³-hybridized carbons (Fsp3) is 0.647. The van der Waals surface area contributed by atoms with E-state index >= 15 is 0 Å². The third kappa shape index (κ3) is 4.71. The van der Waals surface area contributed by atoms with Crippen LogP contribution in [0, 0.1) is 0 Å². The van der Waals surface area contributed by atoms with Crippen molar-refractivity contribution in [1.82, 2.24) is 5.32 Å². The highest BCUT2D eigenvalue weighted by Crippen LogP contribution is 2.34. The van der Waals surface area contributed by atoms with Crippen molar-refractivity contribution in [2.75, 3.05) is 20.3 Å². The minimum Gasteiger partial charge on any atom is -0.497 e. The number of hydrogen-bond donors (Lipinski definition) is 1. The summed E-state index contributed by atoms with van der Waals surface area (Å²) in [6, 6.07) is 6.44. The van der Waals surface area contributed by atoms with Gasteiger partial charge >= 0.3 is 0 Å². The van der Waals surface area contributed by atoms with E-state index in [0.717, 1.165) is 24.5 Å². The van der Waals surface area contributed by atoms with Crippen LogP contribution in [0.4, 0.5) is 0 Å². The molecular formula is C17H29NO2. The Morgan fingerprint density at radius 2 is 1.90 bits per heavy atom. The van der Waals surface area contributed by atoms with E-state index in [1.54, 1.807) is 7.11 Å². The zero-order valence-electron chi connectivity index (χ0n) is 13.7. The van der Waals surface area contributed by atoms with E-state index in [2.05, 4.69) is 46.0 Å². The Labute approximate surface area is 123 Å². The Bertz CT molecular complexity index is 410. The number of nitrogens with one attached hydrogen (secondary N) is 1. The Kier molecular flexibility index (Phi) is 6.34. The summed E-state index contributed by atoms with van der Waals surface area (Å²) in [5.41, 5.74) is 1.22. The number of methoxy groups -OCH3 is 1. The number of ether oxygens (including phenoxy) is 2. The standard InChI is InChI=1S/C17H29NO2/c1-7-13(18-8-2)12-20-16-10-9-14(19-6)11-15(16)17(3,4)5/h9-11,13,18H,7-8,12H2,1-6H3. The topological polar surface area (TPSA) is 30.5 Å². The van der Waals surface area contributed by atoms with Crippen LogP contribution in [0.2, 0.25) is 0 Å². The van der Waals surface area contributed by atoms with E-state index in [4.69, 9.17) is 9.47 Å². The highest BCUT2D eigenvalue weighted by atomic mass is 16.5. The van der Waals surface area contributed by atoms with E-state index in [9.17, 15) is 0 Å². The van der Waals surface area contributed by atoms with E-state index in [1.165, 1.54) is 5.56 Å². The Morgan fingerprint density at radius 3 is 2.40 bits per heavy atom. The van der Waals surface area contributed by atoms with Crippen LogP contribution in [0.1, 0.15) is 46.6 Å². The van der Waals surface area contributed by atoms with E-state index in [1.807, 2.05) is 12.1 Å². The van der Waals surface area contributed by atoms with Gasteiger partial charge < -0.3 is 14.8 Å². The van der Waals surface area contributed by atoms with E-state index in [-0.39, 0.29) is 5.41 Å². The van der Waals surface area contributed by atoms with Crippen molar-refractivity contribution >= 4 is 0 Å². The van der Waals surface area contributed by atoms with E-state index < -0.39 is 0 Å². The molecule has 0 saturated carbocycles. The highest BCUT2D eigenvalue weighted by molar-refractivity contribution is 5.44. The van der Waals surface area contributed by atoms with Crippen LogP contribution in [-0.4, -0.2) is 26.3 Å². The van der Waals surface area contributed by atoms with Crippen LogP contribution in [0.25, 0.3) is 0 Å². The lowest BCUT2D eigenvalue weighted by atomic mass is 9.86. The second-order valence-corrected chi connectivity index (χ2v) is 6.09. The molecule has 0 fully saturated rings. The minimum atomic E-state index is 0.0315. The first-order chi connectivity index (χ1) is 9.42. The molecule has 0 spiro atoms. The SMILES string of the molecule is CCNC(CC)COc1ccc(OC)cc1C(C)(C)C. The summed E-state index contributed by atoms with van der Waals surface area (Å²) in [5.74, 6) is 1.83. The lowest BCUT2D eigenvalue weighted by Gasteiger charge is -2.25. The molecule has 1 rings (SSSR count). The molecule has 1 aromatic rings. The Morgan fingerprint density at radius 1 is 1.20 bits per heavy atom. The Balaban J connectivity index is 2.88. The third-order valence-corrected chi connectivity index (χ3v) is 3.42. The monoisotopic (exact) mass is 279 g/mol. The van der Waals surface area contributed by atoms with Gasteiger partial charge in [-0.1, -0.05) is 34.6 Å². The van der Waals surface area contributed by atoms with Crippen molar-refractivity contribution in [3.63, 3.8) is 0 Å². The molecule has 0 aliphatic heterocycles. The highest BCUT2D eigenvalue weighted by Gasteiger charge is 2.20. The van der Waals surface area contributed by atoms with Gasteiger partial charge in [0.1, 0.15) is 18.1 Å². The van der Waals surface area contributed by atoms with Gasteiger partial charge in [0, 0.05) is 11.6 Å². The number of benzene rings is 1. The summed E-state index contributed by atoms with van der Waals surface area (Å²) in [5, 5.41) is 3.43. The molecule has 20 heavy (non-hydrogen) atoms. The molecule has 3 heteroatoms. The normalized spacial score (nSPS) is 13.1. The summed E-state index contributed by atoms with van der Waals surface area (Å²) >= 11 is 0.